The zero-order chi connectivity index (χ0) is 26.5. The molecule has 0 radical (unpaired) electrons. The highest BCUT2D eigenvalue weighted by molar-refractivity contribution is 6.42. The molecule has 8 heteroatoms. The molecule has 1 aliphatic heterocycles. The van der Waals surface area contributed by atoms with Crippen molar-refractivity contribution in [2.75, 3.05) is 18.0 Å². The lowest BCUT2D eigenvalue weighted by molar-refractivity contribution is -0.140. The van der Waals surface area contributed by atoms with Gasteiger partial charge in [0.25, 0.3) is 5.91 Å². The molecule has 1 N–H and O–H groups in total. The van der Waals surface area contributed by atoms with Gasteiger partial charge >= 0.3 is 0 Å². The van der Waals surface area contributed by atoms with Crippen LogP contribution in [0.3, 0.4) is 0 Å². The van der Waals surface area contributed by atoms with E-state index in [-0.39, 0.29) is 30.7 Å². The fraction of sp³-hybridized carbons (Fsp3) is 0.345. The zero-order valence-corrected chi connectivity index (χ0v) is 22.6. The number of carbonyl (C=O) groups excluding carboxylic acids is 3. The molecule has 0 aromatic heterocycles. The molecule has 37 heavy (non-hydrogen) atoms. The minimum atomic E-state index is -0.662. The lowest BCUT2D eigenvalue weighted by Gasteiger charge is -2.29. The maximum Gasteiger partial charge on any atom is 0.258 e. The molecule has 3 aromatic rings. The van der Waals surface area contributed by atoms with Crippen molar-refractivity contribution in [2.24, 2.45) is 0 Å². The van der Waals surface area contributed by atoms with Crippen molar-refractivity contribution >= 4 is 57.4 Å². The summed E-state index contributed by atoms with van der Waals surface area (Å²) in [4.78, 5) is 42.6. The lowest BCUT2D eigenvalue weighted by Crippen LogP contribution is -2.47. The summed E-state index contributed by atoms with van der Waals surface area (Å²) < 4.78 is 0. The Balaban J connectivity index is 1.45. The van der Waals surface area contributed by atoms with Gasteiger partial charge in [-0.15, -0.1) is 0 Å². The van der Waals surface area contributed by atoms with Gasteiger partial charge in [-0.25, -0.2) is 0 Å². The predicted octanol–water partition coefficient (Wildman–Crippen LogP) is 6.22. The Hall–Kier alpha value is -3.09. The van der Waals surface area contributed by atoms with Gasteiger partial charge in [0.05, 0.1) is 15.7 Å². The van der Waals surface area contributed by atoms with Crippen LogP contribution in [0.15, 0.2) is 54.6 Å². The smallest absolute Gasteiger partial charge is 0.258 e. The second-order valence-electron chi connectivity index (χ2n) is 9.33. The van der Waals surface area contributed by atoms with Crippen LogP contribution in [0.1, 0.15) is 55.5 Å². The molecule has 6 nitrogen and oxygen atoms in total. The molecule has 4 rings (SSSR count). The molecule has 1 atom stereocenters. The normalized spacial score (nSPS) is 13.2. The molecule has 194 valence electrons. The zero-order valence-electron chi connectivity index (χ0n) is 21.1. The van der Waals surface area contributed by atoms with Gasteiger partial charge in [-0.2, -0.15) is 0 Å². The third-order valence-corrected chi connectivity index (χ3v) is 7.49. The first-order chi connectivity index (χ1) is 17.8. The Morgan fingerprint density at radius 2 is 1.78 bits per heavy atom. The Bertz CT molecular complexity index is 1320. The number of benzene rings is 3. The van der Waals surface area contributed by atoms with Gasteiger partial charge in [0, 0.05) is 37.0 Å². The molecule has 1 unspecified atom stereocenters. The van der Waals surface area contributed by atoms with Crippen LogP contribution >= 0.6 is 23.2 Å². The van der Waals surface area contributed by atoms with Crippen molar-refractivity contribution < 1.29 is 14.4 Å². The lowest BCUT2D eigenvalue weighted by atomic mass is 10.1. The van der Waals surface area contributed by atoms with E-state index in [1.54, 1.807) is 34.9 Å². The van der Waals surface area contributed by atoms with E-state index in [9.17, 15) is 14.4 Å². The summed E-state index contributed by atoms with van der Waals surface area (Å²) >= 11 is 12.3. The number of amides is 3. The summed E-state index contributed by atoms with van der Waals surface area (Å²) in [7, 11) is 0. The van der Waals surface area contributed by atoms with Crippen LogP contribution in [0, 0.1) is 0 Å². The number of halogens is 2. The molecule has 0 saturated carbocycles. The maximum absolute atomic E-state index is 13.4. The third-order valence-electron chi connectivity index (χ3n) is 6.76. The fourth-order valence-corrected chi connectivity index (χ4v) is 5.01. The van der Waals surface area contributed by atoms with Gasteiger partial charge in [0.15, 0.2) is 0 Å². The Labute approximate surface area is 227 Å². The van der Waals surface area contributed by atoms with E-state index in [1.807, 2.05) is 36.4 Å². The molecule has 0 spiro atoms. The summed E-state index contributed by atoms with van der Waals surface area (Å²) in [6.07, 6.45) is 2.51. The van der Waals surface area contributed by atoms with Crippen LogP contribution in [0.4, 0.5) is 5.69 Å². The molecular weight excluding hydrogens is 509 g/mol. The SMILES string of the molecule is CCCCNC(=O)C(C)N(Cc1ccc(Cl)c(Cl)c1)C(=O)CCCN1C(=O)c2cccc3cccc1c23. The van der Waals surface area contributed by atoms with Gasteiger partial charge in [0.1, 0.15) is 6.04 Å². The van der Waals surface area contributed by atoms with Crippen LogP contribution in [0.2, 0.25) is 10.0 Å². The second kappa shape index (κ2) is 12.0. The maximum atomic E-state index is 13.4. The fourth-order valence-electron chi connectivity index (χ4n) is 4.69. The van der Waals surface area contributed by atoms with E-state index in [2.05, 4.69) is 12.2 Å². The van der Waals surface area contributed by atoms with Crippen LogP contribution in [-0.2, 0) is 16.1 Å². The Morgan fingerprint density at radius 3 is 2.51 bits per heavy atom. The molecule has 3 aromatic carbocycles. The summed E-state index contributed by atoms with van der Waals surface area (Å²) in [6.45, 7) is 5.00. The van der Waals surface area contributed by atoms with Crippen molar-refractivity contribution in [1.82, 2.24) is 10.2 Å². The molecule has 0 bridgehead atoms. The molecular formula is C29H31Cl2N3O3. The van der Waals surface area contributed by atoms with Gasteiger partial charge in [-0.3, -0.25) is 14.4 Å². The summed E-state index contributed by atoms with van der Waals surface area (Å²) in [5.74, 6) is -0.402. The van der Waals surface area contributed by atoms with Crippen molar-refractivity contribution in [1.29, 1.82) is 0 Å². The van der Waals surface area contributed by atoms with Crippen molar-refractivity contribution in [3.05, 3.63) is 75.8 Å². The number of hydrogen-bond donors (Lipinski definition) is 1. The second-order valence-corrected chi connectivity index (χ2v) is 10.1. The quantitative estimate of drug-likeness (QED) is 0.294. The number of nitrogens with one attached hydrogen (secondary N) is 1. The molecule has 0 saturated heterocycles. The number of nitrogens with zero attached hydrogens (tertiary/aromatic N) is 2. The average molecular weight is 540 g/mol. The standard InChI is InChI=1S/C29H31Cl2N3O3/c1-3-4-15-32-28(36)19(2)34(18-20-13-14-23(30)24(31)17-20)26(35)12-7-16-33-25-11-6-9-21-8-5-10-22(27(21)25)29(33)37/h5-6,8-11,13-14,17,19H,3-4,7,12,15-16,18H2,1-2H3,(H,32,36). The van der Waals surface area contributed by atoms with E-state index < -0.39 is 6.04 Å². The number of unbranched alkanes of at least 4 members (excludes halogenated alkanes) is 1. The van der Waals surface area contributed by atoms with Gasteiger partial charge in [0.2, 0.25) is 11.8 Å². The number of carbonyl (C=O) groups is 3. The van der Waals surface area contributed by atoms with Crippen molar-refractivity contribution in [3.8, 4) is 0 Å². The van der Waals surface area contributed by atoms with E-state index in [4.69, 9.17) is 23.2 Å². The Kier molecular flexibility index (Phi) is 8.72. The molecule has 1 aliphatic rings. The van der Waals surface area contributed by atoms with E-state index in [0.29, 0.717) is 35.1 Å². The van der Waals surface area contributed by atoms with Crippen molar-refractivity contribution in [2.45, 2.75) is 52.1 Å². The largest absolute Gasteiger partial charge is 0.354 e. The highest BCUT2D eigenvalue weighted by Crippen LogP contribution is 2.37. The average Bonchev–Trinajstić information content (AvgIpc) is 3.17. The first kappa shape index (κ1) is 27.0. The van der Waals surface area contributed by atoms with Crippen LogP contribution in [-0.4, -0.2) is 41.8 Å². The van der Waals surface area contributed by atoms with E-state index >= 15 is 0 Å². The van der Waals surface area contributed by atoms with Gasteiger partial charge < -0.3 is 15.1 Å². The molecule has 0 aliphatic carbocycles. The molecule has 1 heterocycles. The molecule has 3 amide bonds. The van der Waals surface area contributed by atoms with Gasteiger partial charge in [-0.05, 0) is 55.0 Å². The van der Waals surface area contributed by atoms with Crippen LogP contribution < -0.4 is 10.2 Å². The molecule has 0 fully saturated rings. The van der Waals surface area contributed by atoms with Crippen molar-refractivity contribution in [3.63, 3.8) is 0 Å². The number of hydrogen-bond acceptors (Lipinski definition) is 3. The first-order valence-corrected chi connectivity index (χ1v) is 13.4. The minimum Gasteiger partial charge on any atom is -0.354 e. The van der Waals surface area contributed by atoms with Crippen LogP contribution in [0.5, 0.6) is 0 Å². The monoisotopic (exact) mass is 539 g/mol. The summed E-state index contributed by atoms with van der Waals surface area (Å²) in [5, 5.41) is 5.73. The topological polar surface area (TPSA) is 69.7 Å². The predicted molar refractivity (Wildman–Crippen MR) is 149 cm³/mol. The number of rotatable bonds is 11. The Morgan fingerprint density at radius 1 is 1.03 bits per heavy atom. The number of anilines is 1. The third kappa shape index (κ3) is 5.91. The highest BCUT2D eigenvalue weighted by atomic mass is 35.5. The summed E-state index contributed by atoms with van der Waals surface area (Å²) in [6, 6.07) is 16.2. The summed E-state index contributed by atoms with van der Waals surface area (Å²) in [5.41, 5.74) is 2.35. The van der Waals surface area contributed by atoms with Gasteiger partial charge in [-0.1, -0.05) is 66.9 Å². The van der Waals surface area contributed by atoms with E-state index in [1.165, 1.54) is 0 Å². The van der Waals surface area contributed by atoms with E-state index in [0.717, 1.165) is 34.9 Å². The first-order valence-electron chi connectivity index (χ1n) is 12.7. The highest BCUT2D eigenvalue weighted by Gasteiger charge is 2.30. The minimum absolute atomic E-state index is 0.0458. The van der Waals surface area contributed by atoms with Crippen LogP contribution in [0.25, 0.3) is 10.8 Å².